The molecule has 6 amide bonds. The number of benzene rings is 3. The minimum atomic E-state index is -1.22. The number of hydrogen-bond donors (Lipinski definition) is 14. The van der Waals surface area contributed by atoms with Gasteiger partial charge in [-0.1, -0.05) is 18.2 Å². The fourth-order valence-electron chi connectivity index (χ4n) is 7.08. The fraction of sp³-hybridized carbons (Fsp3) is 0.525. The number of methoxy groups -OCH3 is 1. The van der Waals surface area contributed by atoms with Gasteiger partial charge in [-0.25, -0.2) is 28.8 Å². The second kappa shape index (κ2) is 38.0. The van der Waals surface area contributed by atoms with Gasteiger partial charge in [0, 0.05) is 64.6 Å². The molecule has 490 valence electrons. The van der Waals surface area contributed by atoms with Crippen LogP contribution >= 0.6 is 0 Å². The molecule has 0 fully saturated rings. The third-order valence-corrected chi connectivity index (χ3v) is 11.1. The zero-order valence-corrected chi connectivity index (χ0v) is 51.4. The first kappa shape index (κ1) is 76.7. The molecule has 29 nitrogen and oxygen atoms in total. The van der Waals surface area contributed by atoms with Crippen LogP contribution in [-0.4, -0.2) is 164 Å². The number of rotatable bonds is 28. The Balaban J connectivity index is 0.000000708. The van der Waals surface area contributed by atoms with Crippen molar-refractivity contribution in [1.29, 1.82) is 0 Å². The number of carbonyl (C=O) groups is 10. The molecule has 0 radical (unpaired) electrons. The van der Waals surface area contributed by atoms with E-state index in [1.807, 2.05) is 0 Å². The second-order valence-electron chi connectivity index (χ2n) is 22.6. The lowest BCUT2D eigenvalue weighted by Crippen LogP contribution is -2.43. The highest BCUT2D eigenvalue weighted by atomic mass is 16.6. The molecule has 0 aliphatic carbocycles. The summed E-state index contributed by atoms with van der Waals surface area (Å²) in [6.07, 6.45) is -0.230. The summed E-state index contributed by atoms with van der Waals surface area (Å²) in [5, 5.41) is 80.8. The van der Waals surface area contributed by atoms with Crippen molar-refractivity contribution >= 4 is 59.9 Å². The van der Waals surface area contributed by atoms with Gasteiger partial charge in [0.05, 0.1) is 7.11 Å². The van der Waals surface area contributed by atoms with E-state index < -0.39 is 88.9 Å². The Morgan fingerprint density at radius 3 is 1.12 bits per heavy atom. The Morgan fingerprint density at radius 1 is 0.455 bits per heavy atom. The molecule has 0 unspecified atom stereocenters. The van der Waals surface area contributed by atoms with Gasteiger partial charge < -0.3 is 97.1 Å². The van der Waals surface area contributed by atoms with Crippen molar-refractivity contribution in [2.45, 2.75) is 168 Å². The number of carboxylic acid groups (broad SMARTS) is 2. The van der Waals surface area contributed by atoms with Crippen LogP contribution in [0.25, 0.3) is 0 Å². The maximum absolute atomic E-state index is 12.4. The van der Waals surface area contributed by atoms with E-state index in [9.17, 15) is 78.6 Å². The molecule has 88 heavy (non-hydrogen) atoms. The number of phenolic OH excluding ortho intramolecular Hbond substituents is 5. The number of ether oxygens (including phenoxy) is 5. The van der Waals surface area contributed by atoms with Crippen LogP contribution in [0.2, 0.25) is 0 Å². The molecule has 3 aromatic rings. The summed E-state index contributed by atoms with van der Waals surface area (Å²) in [4.78, 5) is 118. The number of carbonyl (C=O) groups excluding carboxylic acids is 8. The molecular formula is C59H87N7O22. The van der Waals surface area contributed by atoms with Crippen LogP contribution in [-0.2, 0) is 71.8 Å². The van der Waals surface area contributed by atoms with E-state index in [0.717, 1.165) is 0 Å². The van der Waals surface area contributed by atoms with Gasteiger partial charge in [-0.2, -0.15) is 0 Å². The smallest absolute Gasteiger partial charge is 0.407 e. The van der Waals surface area contributed by atoms with Crippen molar-refractivity contribution in [3.05, 3.63) is 71.3 Å². The summed E-state index contributed by atoms with van der Waals surface area (Å²) >= 11 is 0. The number of phenols is 5. The summed E-state index contributed by atoms with van der Waals surface area (Å²) in [6, 6.07) is 8.85. The number of carboxylic acids is 2. The molecule has 0 bridgehead atoms. The predicted octanol–water partition coefficient (Wildman–Crippen LogP) is 4.57. The van der Waals surface area contributed by atoms with E-state index in [1.165, 1.54) is 61.7 Å². The average Bonchev–Trinajstić information content (AvgIpc) is 3.13. The highest BCUT2D eigenvalue weighted by Crippen LogP contribution is 2.29. The van der Waals surface area contributed by atoms with Gasteiger partial charge >= 0.3 is 42.2 Å². The predicted molar refractivity (Wildman–Crippen MR) is 316 cm³/mol. The van der Waals surface area contributed by atoms with Crippen molar-refractivity contribution in [2.75, 3.05) is 33.3 Å². The molecule has 0 aromatic heterocycles. The lowest BCUT2D eigenvalue weighted by atomic mass is 10.0. The molecule has 0 heterocycles. The van der Waals surface area contributed by atoms with Crippen molar-refractivity contribution < 1.29 is 107 Å². The lowest BCUT2D eigenvalue weighted by molar-refractivity contribution is -0.145. The molecule has 3 aromatic carbocycles. The molecule has 0 spiro atoms. The van der Waals surface area contributed by atoms with E-state index in [4.69, 9.17) is 34.5 Å². The van der Waals surface area contributed by atoms with Gasteiger partial charge in [0.15, 0.2) is 34.5 Å². The summed E-state index contributed by atoms with van der Waals surface area (Å²) < 4.78 is 25.4. The standard InChI is InChI=1S/C28H43N3O10.C18H26N2O7.C13H18N2O5/c1-27(2,3)40-25(36)29-14-8-10-22(33)31-19(24(35)38-7)16-18-12-13-20(32)21(17-18)39-23(34)11-9-15-30-26(37)41-28(4,5)6;1-18(2,3)27-17(26)19-8-4-5-15(23)20-12(16(24)25)9-11-6-7-13(21)14(22)10-11;14-5-1-2-12(18)15-9(13(19)20)6-8-3-4-10(16)11(17)7-8/h12-13,17,19,32H,8-11,14-16H2,1-7H3,(H,29,36)(H,30,37)(H,31,33);6-7,10,12,21-22H,4-5,8-9H2,1-3H3,(H,19,26)(H,20,23)(H,24,25);3-4,7,9,16-17H,1-2,5-6,14H2,(H,15,18)(H,19,20)/t19-;12-;9-/m000/s1. The van der Waals surface area contributed by atoms with E-state index in [0.29, 0.717) is 42.5 Å². The topological polar surface area (TPSA) is 457 Å². The molecule has 0 saturated carbocycles. The molecule has 0 aliphatic heterocycles. The minimum Gasteiger partial charge on any atom is -0.504 e. The lowest BCUT2D eigenvalue weighted by Gasteiger charge is -2.20. The van der Waals surface area contributed by atoms with Crippen molar-refractivity contribution in [1.82, 2.24) is 31.9 Å². The largest absolute Gasteiger partial charge is 0.504 e. The van der Waals surface area contributed by atoms with E-state index in [2.05, 4.69) is 31.9 Å². The van der Waals surface area contributed by atoms with Crippen LogP contribution < -0.4 is 42.4 Å². The number of aliphatic carboxylic acids is 2. The number of aromatic hydroxyl groups is 5. The van der Waals surface area contributed by atoms with Crippen LogP contribution in [0.3, 0.4) is 0 Å². The van der Waals surface area contributed by atoms with Crippen LogP contribution in [0.15, 0.2) is 54.6 Å². The normalized spacial score (nSPS) is 12.0. The second-order valence-corrected chi connectivity index (χ2v) is 22.6. The number of nitrogens with one attached hydrogen (secondary N) is 6. The van der Waals surface area contributed by atoms with Crippen LogP contribution in [0.1, 0.15) is 130 Å². The van der Waals surface area contributed by atoms with Crippen molar-refractivity contribution in [3.63, 3.8) is 0 Å². The van der Waals surface area contributed by atoms with Crippen molar-refractivity contribution in [3.8, 4) is 34.5 Å². The van der Waals surface area contributed by atoms with Gasteiger partial charge in [0.25, 0.3) is 0 Å². The zero-order chi connectivity index (χ0) is 67.0. The van der Waals surface area contributed by atoms with Gasteiger partial charge in [-0.05, 0) is 148 Å². The Morgan fingerprint density at radius 2 is 0.784 bits per heavy atom. The Kier molecular flexibility index (Phi) is 33.1. The van der Waals surface area contributed by atoms with Crippen LogP contribution in [0.5, 0.6) is 34.5 Å². The third kappa shape index (κ3) is 35.2. The quantitative estimate of drug-likeness (QED) is 0.0156. The molecular weight excluding hydrogens is 1160 g/mol. The Labute approximate surface area is 510 Å². The monoisotopic (exact) mass is 1250 g/mol. The van der Waals surface area contributed by atoms with E-state index >= 15 is 0 Å². The summed E-state index contributed by atoms with van der Waals surface area (Å²) in [6.45, 7) is 16.6. The molecule has 3 rings (SSSR count). The van der Waals surface area contributed by atoms with Crippen molar-refractivity contribution in [2.24, 2.45) is 5.73 Å². The first-order valence-corrected chi connectivity index (χ1v) is 28.0. The Bertz CT molecular complexity index is 2810. The first-order valence-electron chi connectivity index (χ1n) is 28.0. The summed E-state index contributed by atoms with van der Waals surface area (Å²) in [5.74, 6) is -6.70. The van der Waals surface area contributed by atoms with Gasteiger partial charge in [-0.3, -0.25) is 19.2 Å². The van der Waals surface area contributed by atoms with Gasteiger partial charge in [-0.15, -0.1) is 0 Å². The number of hydrogen-bond acceptors (Lipinski definition) is 21. The summed E-state index contributed by atoms with van der Waals surface area (Å²) in [7, 11) is 1.19. The van der Waals surface area contributed by atoms with E-state index in [-0.39, 0.29) is 111 Å². The number of amides is 6. The van der Waals surface area contributed by atoms with Crippen LogP contribution in [0.4, 0.5) is 14.4 Å². The number of esters is 2. The zero-order valence-electron chi connectivity index (χ0n) is 51.4. The minimum absolute atomic E-state index is 0.000783. The highest BCUT2D eigenvalue weighted by molar-refractivity contribution is 5.86. The molecule has 29 heteroatoms. The molecule has 15 N–H and O–H groups in total. The highest BCUT2D eigenvalue weighted by Gasteiger charge is 2.26. The Hall–Kier alpha value is -9.28. The molecule has 3 atom stereocenters. The fourth-order valence-corrected chi connectivity index (χ4v) is 7.08. The van der Waals surface area contributed by atoms with Crippen LogP contribution in [0, 0.1) is 0 Å². The molecule has 0 saturated heterocycles. The van der Waals surface area contributed by atoms with E-state index in [1.54, 1.807) is 62.3 Å². The SMILES string of the molecule is CC(C)(C)OC(=O)NCCCC(=O)N[C@@H](Cc1ccc(O)c(O)c1)C(=O)O.COC(=O)[C@H](Cc1ccc(O)c(OC(=O)CCCNC(=O)OC(C)(C)C)c1)NC(=O)CCCNC(=O)OC(C)(C)C.NCCCC(=O)N[C@@H](Cc1ccc(O)c(O)c1)C(=O)O. The third-order valence-electron chi connectivity index (χ3n) is 11.1. The maximum atomic E-state index is 12.4. The maximum Gasteiger partial charge on any atom is 0.407 e. The summed E-state index contributed by atoms with van der Waals surface area (Å²) in [5.41, 5.74) is 4.81. The average molecular weight is 1250 g/mol. The number of nitrogens with two attached hydrogens (primary N) is 1. The molecule has 0 aliphatic rings. The number of alkyl carbamates (subject to hydrolysis) is 3. The van der Waals surface area contributed by atoms with Gasteiger partial charge in [0.2, 0.25) is 17.7 Å². The van der Waals surface area contributed by atoms with Gasteiger partial charge in [0.1, 0.15) is 34.9 Å². The first-order chi connectivity index (χ1) is 40.9.